The highest BCUT2D eigenvalue weighted by atomic mass is 19.3. The van der Waals surface area contributed by atoms with Crippen molar-refractivity contribution in [1.29, 1.82) is 5.26 Å². The molecule has 182 valence electrons. The van der Waals surface area contributed by atoms with Crippen molar-refractivity contribution in [3.63, 3.8) is 0 Å². The van der Waals surface area contributed by atoms with Gasteiger partial charge in [-0.2, -0.15) is 23.5 Å². The van der Waals surface area contributed by atoms with Gasteiger partial charge in [0.05, 0.1) is 17.7 Å². The largest absolute Gasteiger partial charge is 0.618 e. The quantitative estimate of drug-likeness (QED) is 0.242. The van der Waals surface area contributed by atoms with Crippen LogP contribution < -0.4 is 20.9 Å². The van der Waals surface area contributed by atoms with E-state index in [9.17, 15) is 29.3 Å². The lowest BCUT2D eigenvalue weighted by Crippen LogP contribution is -2.39. The summed E-state index contributed by atoms with van der Waals surface area (Å²) in [6, 6.07) is 15.5. The van der Waals surface area contributed by atoms with Gasteiger partial charge in [-0.1, -0.05) is 24.3 Å². The van der Waals surface area contributed by atoms with Gasteiger partial charge in [-0.25, -0.2) is 0 Å². The zero-order valence-corrected chi connectivity index (χ0v) is 18.9. The van der Waals surface area contributed by atoms with Gasteiger partial charge in [-0.15, -0.1) is 0 Å². The van der Waals surface area contributed by atoms with Crippen LogP contribution >= 0.6 is 0 Å². The van der Waals surface area contributed by atoms with Gasteiger partial charge in [0.25, 0.3) is 5.69 Å². The highest BCUT2D eigenvalue weighted by Gasteiger charge is 2.39. The van der Waals surface area contributed by atoms with Gasteiger partial charge in [0, 0.05) is 25.2 Å². The molecule has 1 aromatic carbocycles. The number of alkyl halides is 2. The maximum Gasteiger partial charge on any atom is 0.350 e. The zero-order chi connectivity index (χ0) is 25.4. The average Bonchev–Trinajstić information content (AvgIpc) is 2.84. The summed E-state index contributed by atoms with van der Waals surface area (Å²) in [5.41, 5.74) is 0.709. The summed E-state index contributed by atoms with van der Waals surface area (Å²) in [4.78, 5) is 16.3. The van der Waals surface area contributed by atoms with Crippen molar-refractivity contribution in [2.75, 3.05) is 13.6 Å². The van der Waals surface area contributed by atoms with Gasteiger partial charge in [0.2, 0.25) is 5.91 Å². The fraction of sp³-hybridized carbons (Fsp3) is 0.250. The topological polar surface area (TPSA) is 129 Å². The van der Waals surface area contributed by atoms with Crippen molar-refractivity contribution in [2.24, 2.45) is 4.99 Å². The Morgan fingerprint density at radius 1 is 1.17 bits per heavy atom. The number of aromatic nitrogens is 2. The molecule has 0 aliphatic rings. The van der Waals surface area contributed by atoms with Crippen LogP contribution in [0.4, 0.5) is 8.78 Å². The summed E-state index contributed by atoms with van der Waals surface area (Å²) in [5, 5.41) is 37.4. The van der Waals surface area contributed by atoms with E-state index >= 15 is 0 Å². The molecule has 0 unspecified atom stereocenters. The number of nitriles is 1. The summed E-state index contributed by atoms with van der Waals surface area (Å²) in [5.74, 6) is -4.09. The van der Waals surface area contributed by atoms with Crippen LogP contribution in [-0.2, 0) is 30.2 Å². The Balaban J connectivity index is 1.80. The molecule has 0 atom stereocenters. The number of benzene rings is 1. The molecule has 0 aliphatic carbocycles. The van der Waals surface area contributed by atoms with Crippen LogP contribution in [0.1, 0.15) is 28.1 Å². The second kappa shape index (κ2) is 11.2. The first-order valence-electron chi connectivity index (χ1n) is 10.7. The molecule has 0 aliphatic heterocycles. The number of pyridine rings is 2. The van der Waals surface area contributed by atoms with Gasteiger partial charge in [-0.3, -0.25) is 9.79 Å². The van der Waals surface area contributed by atoms with Gasteiger partial charge in [-0.05, 0) is 36.4 Å². The van der Waals surface area contributed by atoms with Crippen LogP contribution in [0, 0.1) is 16.5 Å². The first-order chi connectivity index (χ1) is 16.8. The van der Waals surface area contributed by atoms with E-state index in [1.165, 1.54) is 24.3 Å². The Kier molecular flexibility index (Phi) is 8.12. The van der Waals surface area contributed by atoms with E-state index in [4.69, 9.17) is 0 Å². The first kappa shape index (κ1) is 25.3. The van der Waals surface area contributed by atoms with Gasteiger partial charge in [0.1, 0.15) is 12.6 Å². The van der Waals surface area contributed by atoms with Crippen molar-refractivity contribution < 1.29 is 23.5 Å². The lowest BCUT2D eigenvalue weighted by Gasteiger charge is -2.14. The van der Waals surface area contributed by atoms with Crippen LogP contribution in [0.15, 0.2) is 65.8 Å². The minimum Gasteiger partial charge on any atom is -0.618 e. The number of nitrogens with one attached hydrogen (secondary N) is 2. The zero-order valence-electron chi connectivity index (χ0n) is 18.9. The van der Waals surface area contributed by atoms with Crippen LogP contribution in [-0.4, -0.2) is 29.4 Å². The molecular weight excluding hydrogens is 458 g/mol. The number of carbonyl (C=O) groups excluding carboxylic acids is 1. The second-order valence-electron chi connectivity index (χ2n) is 7.66. The van der Waals surface area contributed by atoms with E-state index in [1.54, 1.807) is 0 Å². The van der Waals surface area contributed by atoms with Crippen molar-refractivity contribution in [2.45, 2.75) is 25.4 Å². The summed E-state index contributed by atoms with van der Waals surface area (Å²) in [6.45, 7) is -0.281. The maximum absolute atomic E-state index is 14.5. The van der Waals surface area contributed by atoms with Crippen molar-refractivity contribution in [1.82, 2.24) is 15.4 Å². The van der Waals surface area contributed by atoms with Crippen molar-refractivity contribution >= 4 is 5.91 Å². The Labute approximate surface area is 200 Å². The normalized spacial score (nSPS) is 11.8. The molecule has 0 bridgehead atoms. The van der Waals surface area contributed by atoms with E-state index in [2.05, 4.69) is 15.6 Å². The van der Waals surface area contributed by atoms with E-state index < -0.39 is 24.1 Å². The van der Waals surface area contributed by atoms with Crippen LogP contribution in [0.3, 0.4) is 0 Å². The summed E-state index contributed by atoms with van der Waals surface area (Å²) in [7, 11) is 1.81. The molecule has 3 rings (SSSR count). The fourth-order valence-corrected chi connectivity index (χ4v) is 3.44. The van der Waals surface area contributed by atoms with Crippen LogP contribution in [0.25, 0.3) is 0 Å². The summed E-state index contributed by atoms with van der Waals surface area (Å²) < 4.78 is 29.5. The summed E-state index contributed by atoms with van der Waals surface area (Å²) in [6.07, 6.45) is 0.567. The molecule has 0 radical (unpaired) electrons. The number of nitrogens with zero attached hydrogens (tertiary/aromatic N) is 4. The van der Waals surface area contributed by atoms with Gasteiger partial charge < -0.3 is 21.0 Å². The number of carbonyl (C=O) groups is 1. The molecule has 1 amide bonds. The number of hydrogen-bond acceptors (Lipinski definition) is 6. The molecule has 2 heterocycles. The van der Waals surface area contributed by atoms with Gasteiger partial charge >= 0.3 is 5.92 Å². The average molecular weight is 482 g/mol. The molecule has 2 aromatic heterocycles. The minimum absolute atomic E-state index is 0.00981. The third-order valence-corrected chi connectivity index (χ3v) is 5.23. The predicted molar refractivity (Wildman–Crippen MR) is 121 cm³/mol. The first-order valence-corrected chi connectivity index (χ1v) is 10.7. The lowest BCUT2D eigenvalue weighted by molar-refractivity contribution is -0.624. The molecule has 9 nitrogen and oxygen atoms in total. The molecule has 0 spiro atoms. The van der Waals surface area contributed by atoms with Gasteiger partial charge in [0.15, 0.2) is 11.7 Å². The van der Waals surface area contributed by atoms with E-state index in [1.807, 2.05) is 37.4 Å². The third kappa shape index (κ3) is 6.18. The van der Waals surface area contributed by atoms with Crippen LogP contribution in [0.2, 0.25) is 0 Å². The minimum atomic E-state index is -3.61. The molecule has 35 heavy (non-hydrogen) atoms. The SMILES string of the molecule is CNCc1ccccc1CNC(=O)Cc1c(C#N)ccc(=NCC(F)(F)c2cccc[n+]2[O-])n1O. The Morgan fingerprint density at radius 2 is 1.86 bits per heavy atom. The van der Waals surface area contributed by atoms with E-state index in [0.29, 0.717) is 11.3 Å². The number of halogens is 2. The van der Waals surface area contributed by atoms with E-state index in [-0.39, 0.29) is 34.4 Å². The standard InChI is InChI=1S/C24H24F2N6O3/c1-28-14-18-6-2-3-7-19(18)15-29-23(33)12-20-17(13-27)9-10-22(32(20)35)30-16-24(25,26)21-8-4-5-11-31(21)34/h2-11,28,35H,12,14-16H2,1H3,(H,29,33). The fourth-order valence-electron chi connectivity index (χ4n) is 3.44. The predicted octanol–water partition coefficient (Wildman–Crippen LogP) is 1.50. The monoisotopic (exact) mass is 482 g/mol. The summed E-state index contributed by atoms with van der Waals surface area (Å²) >= 11 is 0. The van der Waals surface area contributed by atoms with Crippen molar-refractivity contribution in [3.8, 4) is 6.07 Å². The van der Waals surface area contributed by atoms with E-state index in [0.717, 1.165) is 23.4 Å². The number of hydrogen-bond donors (Lipinski definition) is 3. The third-order valence-electron chi connectivity index (χ3n) is 5.23. The Bertz CT molecular complexity index is 1320. The number of rotatable bonds is 9. The molecular formula is C24H24F2N6O3. The molecule has 0 saturated heterocycles. The molecule has 3 aromatic rings. The Hall–Kier alpha value is -4.30. The highest BCUT2D eigenvalue weighted by Crippen LogP contribution is 2.25. The smallest absolute Gasteiger partial charge is 0.350 e. The second-order valence-corrected chi connectivity index (χ2v) is 7.66. The highest BCUT2D eigenvalue weighted by molar-refractivity contribution is 5.78. The number of amides is 1. The molecule has 11 heteroatoms. The van der Waals surface area contributed by atoms with Crippen LogP contribution in [0.5, 0.6) is 0 Å². The van der Waals surface area contributed by atoms with Crippen molar-refractivity contribution in [3.05, 3.63) is 99.6 Å². The molecule has 0 fully saturated rings. The maximum atomic E-state index is 14.5. The molecule has 0 saturated carbocycles. The lowest BCUT2D eigenvalue weighted by atomic mass is 10.1. The Morgan fingerprint density at radius 3 is 2.51 bits per heavy atom. The molecule has 3 N–H and O–H groups in total.